The molecule has 2 aliphatic heterocycles. The SMILES string of the molecule is CC1Oc2cc(NC(=O)c3ccccc3)ccc2N(CCN2CCOCC2)C1=O. The molecule has 1 N–H and O–H groups in total. The van der Waals surface area contributed by atoms with Crippen molar-refractivity contribution >= 4 is 23.2 Å². The number of nitrogens with one attached hydrogen (secondary N) is 1. The smallest absolute Gasteiger partial charge is 0.267 e. The topological polar surface area (TPSA) is 71.1 Å². The average Bonchev–Trinajstić information content (AvgIpc) is 2.75. The molecule has 1 unspecified atom stereocenters. The van der Waals surface area contributed by atoms with E-state index in [4.69, 9.17) is 9.47 Å². The second-order valence-electron chi connectivity index (χ2n) is 7.21. The quantitative estimate of drug-likeness (QED) is 0.842. The van der Waals surface area contributed by atoms with Crippen molar-refractivity contribution in [1.29, 1.82) is 0 Å². The number of fused-ring (bicyclic) bond motifs is 1. The van der Waals surface area contributed by atoms with Crippen LogP contribution in [0.3, 0.4) is 0 Å². The summed E-state index contributed by atoms with van der Waals surface area (Å²) in [5.41, 5.74) is 1.95. The Morgan fingerprint density at radius 3 is 2.62 bits per heavy atom. The zero-order valence-electron chi connectivity index (χ0n) is 16.5. The van der Waals surface area contributed by atoms with Crippen molar-refractivity contribution in [3.8, 4) is 5.75 Å². The van der Waals surface area contributed by atoms with Crippen molar-refractivity contribution < 1.29 is 19.1 Å². The first-order valence-electron chi connectivity index (χ1n) is 9.90. The van der Waals surface area contributed by atoms with Crippen LogP contribution in [0, 0.1) is 0 Å². The van der Waals surface area contributed by atoms with E-state index in [1.807, 2.05) is 24.3 Å². The lowest BCUT2D eigenvalue weighted by Gasteiger charge is -2.35. The summed E-state index contributed by atoms with van der Waals surface area (Å²) >= 11 is 0. The molecule has 2 aromatic carbocycles. The van der Waals surface area contributed by atoms with Gasteiger partial charge >= 0.3 is 0 Å². The van der Waals surface area contributed by atoms with Gasteiger partial charge in [-0.15, -0.1) is 0 Å². The maximum Gasteiger partial charge on any atom is 0.267 e. The third-order valence-electron chi connectivity index (χ3n) is 5.21. The Kier molecular flexibility index (Phi) is 5.78. The van der Waals surface area contributed by atoms with Crippen LogP contribution in [0.1, 0.15) is 17.3 Å². The third-order valence-corrected chi connectivity index (χ3v) is 5.21. The summed E-state index contributed by atoms with van der Waals surface area (Å²) < 4.78 is 11.2. The molecular formula is C22H25N3O4. The Morgan fingerprint density at radius 1 is 1.10 bits per heavy atom. The standard InChI is InChI=1S/C22H25N3O4/c1-16-22(27)25(10-9-24-11-13-28-14-12-24)19-8-7-18(15-20(19)29-16)23-21(26)17-5-3-2-4-6-17/h2-8,15-16H,9-14H2,1H3,(H,23,26). The Balaban J connectivity index is 1.49. The molecule has 2 heterocycles. The largest absolute Gasteiger partial charge is 0.479 e. The maximum absolute atomic E-state index is 12.7. The lowest BCUT2D eigenvalue weighted by atomic mass is 10.1. The molecule has 7 heteroatoms. The van der Waals surface area contributed by atoms with Gasteiger partial charge in [-0.05, 0) is 31.2 Å². The Hall–Kier alpha value is -2.90. The van der Waals surface area contributed by atoms with E-state index in [1.165, 1.54) is 0 Å². The second-order valence-corrected chi connectivity index (χ2v) is 7.21. The van der Waals surface area contributed by atoms with Gasteiger partial charge in [0.2, 0.25) is 0 Å². The maximum atomic E-state index is 12.7. The van der Waals surface area contributed by atoms with Gasteiger partial charge in [0, 0.05) is 43.5 Å². The molecule has 2 aliphatic rings. The molecule has 29 heavy (non-hydrogen) atoms. The molecule has 0 bridgehead atoms. The van der Waals surface area contributed by atoms with Gasteiger partial charge in [-0.2, -0.15) is 0 Å². The lowest BCUT2D eigenvalue weighted by molar-refractivity contribution is -0.125. The highest BCUT2D eigenvalue weighted by Gasteiger charge is 2.32. The number of hydrogen-bond acceptors (Lipinski definition) is 5. The highest BCUT2D eigenvalue weighted by atomic mass is 16.5. The van der Waals surface area contributed by atoms with Gasteiger partial charge in [-0.25, -0.2) is 0 Å². The number of carbonyl (C=O) groups excluding carboxylic acids is 2. The minimum Gasteiger partial charge on any atom is -0.479 e. The summed E-state index contributed by atoms with van der Waals surface area (Å²) in [4.78, 5) is 29.2. The molecule has 152 valence electrons. The number of ether oxygens (including phenoxy) is 2. The molecule has 0 saturated carbocycles. The van der Waals surface area contributed by atoms with Crippen LogP contribution in [0.4, 0.5) is 11.4 Å². The molecule has 1 saturated heterocycles. The number of nitrogens with zero attached hydrogens (tertiary/aromatic N) is 2. The van der Waals surface area contributed by atoms with Crippen LogP contribution >= 0.6 is 0 Å². The summed E-state index contributed by atoms with van der Waals surface area (Å²) in [7, 11) is 0. The number of hydrogen-bond donors (Lipinski definition) is 1. The van der Waals surface area contributed by atoms with Crippen LogP contribution in [0.5, 0.6) is 5.75 Å². The predicted molar refractivity (Wildman–Crippen MR) is 111 cm³/mol. The van der Waals surface area contributed by atoms with E-state index in [2.05, 4.69) is 10.2 Å². The normalized spacial score (nSPS) is 19.4. The molecule has 1 atom stereocenters. The first-order chi connectivity index (χ1) is 14.1. The molecule has 7 nitrogen and oxygen atoms in total. The summed E-state index contributed by atoms with van der Waals surface area (Å²) in [5.74, 6) is 0.367. The zero-order valence-corrected chi connectivity index (χ0v) is 16.5. The highest BCUT2D eigenvalue weighted by molar-refractivity contribution is 6.05. The Labute approximate surface area is 170 Å². The van der Waals surface area contributed by atoms with Gasteiger partial charge in [0.25, 0.3) is 11.8 Å². The van der Waals surface area contributed by atoms with E-state index in [1.54, 1.807) is 36.1 Å². The Bertz CT molecular complexity index is 881. The molecule has 2 amide bonds. The fraction of sp³-hybridized carbons (Fsp3) is 0.364. The average molecular weight is 395 g/mol. The fourth-order valence-corrected chi connectivity index (χ4v) is 3.58. The van der Waals surface area contributed by atoms with Crippen molar-refractivity contribution in [2.75, 3.05) is 49.6 Å². The number of carbonyl (C=O) groups is 2. The number of anilines is 2. The molecule has 4 rings (SSSR count). The summed E-state index contributed by atoms with van der Waals surface area (Å²) in [6, 6.07) is 14.5. The molecule has 0 aliphatic carbocycles. The van der Waals surface area contributed by atoms with Gasteiger partial charge in [0.15, 0.2) is 6.10 Å². The number of rotatable bonds is 5. The van der Waals surface area contributed by atoms with E-state index in [0.29, 0.717) is 23.5 Å². The van der Waals surface area contributed by atoms with Crippen LogP contribution in [-0.4, -0.2) is 62.2 Å². The Morgan fingerprint density at radius 2 is 1.86 bits per heavy atom. The molecular weight excluding hydrogens is 370 g/mol. The van der Waals surface area contributed by atoms with E-state index >= 15 is 0 Å². The van der Waals surface area contributed by atoms with Crippen LogP contribution < -0.4 is 15.0 Å². The van der Waals surface area contributed by atoms with Gasteiger partial charge < -0.3 is 19.7 Å². The van der Waals surface area contributed by atoms with E-state index in [0.717, 1.165) is 38.5 Å². The van der Waals surface area contributed by atoms with Gasteiger partial charge in [-0.3, -0.25) is 14.5 Å². The summed E-state index contributed by atoms with van der Waals surface area (Å²) in [5, 5.41) is 2.89. The monoisotopic (exact) mass is 395 g/mol. The molecule has 0 radical (unpaired) electrons. The number of morpholine rings is 1. The molecule has 0 spiro atoms. The first-order valence-corrected chi connectivity index (χ1v) is 9.90. The lowest BCUT2D eigenvalue weighted by Crippen LogP contribution is -2.48. The first kappa shape index (κ1) is 19.4. The van der Waals surface area contributed by atoms with Gasteiger partial charge in [0.05, 0.1) is 18.9 Å². The predicted octanol–water partition coefficient (Wildman–Crippen LogP) is 2.39. The third kappa shape index (κ3) is 4.41. The summed E-state index contributed by atoms with van der Waals surface area (Å²) in [6.45, 7) is 6.35. The van der Waals surface area contributed by atoms with E-state index in [9.17, 15) is 9.59 Å². The zero-order chi connectivity index (χ0) is 20.2. The fourth-order valence-electron chi connectivity index (χ4n) is 3.58. The summed E-state index contributed by atoms with van der Waals surface area (Å²) in [6.07, 6.45) is -0.563. The molecule has 1 fully saturated rings. The number of benzene rings is 2. The van der Waals surface area contributed by atoms with Gasteiger partial charge in [-0.1, -0.05) is 18.2 Å². The molecule has 2 aromatic rings. The van der Waals surface area contributed by atoms with E-state index in [-0.39, 0.29) is 11.8 Å². The van der Waals surface area contributed by atoms with Crippen molar-refractivity contribution in [2.24, 2.45) is 0 Å². The van der Waals surface area contributed by atoms with Crippen LogP contribution in [0.25, 0.3) is 0 Å². The minimum atomic E-state index is -0.563. The molecule has 0 aromatic heterocycles. The van der Waals surface area contributed by atoms with Crippen molar-refractivity contribution in [3.63, 3.8) is 0 Å². The van der Waals surface area contributed by atoms with Crippen LogP contribution in [0.2, 0.25) is 0 Å². The van der Waals surface area contributed by atoms with E-state index < -0.39 is 6.10 Å². The van der Waals surface area contributed by atoms with Gasteiger partial charge in [0.1, 0.15) is 5.75 Å². The second kappa shape index (κ2) is 8.63. The number of amides is 2. The van der Waals surface area contributed by atoms with Crippen molar-refractivity contribution in [1.82, 2.24) is 4.90 Å². The minimum absolute atomic E-state index is 0.0492. The van der Waals surface area contributed by atoms with Crippen LogP contribution in [-0.2, 0) is 9.53 Å². The van der Waals surface area contributed by atoms with Crippen molar-refractivity contribution in [3.05, 3.63) is 54.1 Å². The van der Waals surface area contributed by atoms with Crippen LogP contribution in [0.15, 0.2) is 48.5 Å². The highest BCUT2D eigenvalue weighted by Crippen LogP contribution is 2.36. The van der Waals surface area contributed by atoms with Crippen molar-refractivity contribution in [2.45, 2.75) is 13.0 Å².